The van der Waals surface area contributed by atoms with Gasteiger partial charge in [-0.05, 0) is 30.5 Å². The molecule has 0 spiro atoms. The third-order valence-corrected chi connectivity index (χ3v) is 3.33. The van der Waals surface area contributed by atoms with E-state index in [1.54, 1.807) is 14.2 Å². The number of hydrazine groups is 1. The second-order valence-electron chi connectivity index (χ2n) is 4.27. The number of ether oxygens (including phenoxy) is 2. The molecular weight excluding hydrogens is 264 g/mol. The summed E-state index contributed by atoms with van der Waals surface area (Å²) in [6.45, 7) is 6.07. The van der Waals surface area contributed by atoms with Crippen molar-refractivity contribution in [1.29, 1.82) is 0 Å². The molecule has 0 aromatic heterocycles. The van der Waals surface area contributed by atoms with E-state index in [-0.39, 0.29) is 6.04 Å². The molecule has 1 unspecified atom stereocenters. The Kier molecular flexibility index (Phi) is 6.15. The van der Waals surface area contributed by atoms with Crippen LogP contribution in [0.25, 0.3) is 0 Å². The summed E-state index contributed by atoms with van der Waals surface area (Å²) in [6, 6.07) is 3.65. The average Bonchev–Trinajstić information content (AvgIpc) is 2.43. The van der Waals surface area contributed by atoms with Crippen molar-refractivity contribution in [2.45, 2.75) is 25.8 Å². The summed E-state index contributed by atoms with van der Waals surface area (Å²) < 4.78 is 10.5. The van der Waals surface area contributed by atoms with Crippen molar-refractivity contribution in [1.82, 2.24) is 5.43 Å². The second-order valence-corrected chi connectivity index (χ2v) is 4.67. The summed E-state index contributed by atoms with van der Waals surface area (Å²) in [5.74, 6) is 6.73. The number of hydrogen-bond acceptors (Lipinski definition) is 4. The normalized spacial score (nSPS) is 12.1. The summed E-state index contributed by atoms with van der Waals surface area (Å²) in [5, 5.41) is 0.499. The highest BCUT2D eigenvalue weighted by atomic mass is 35.5. The van der Waals surface area contributed by atoms with Crippen molar-refractivity contribution >= 4 is 11.6 Å². The lowest BCUT2D eigenvalue weighted by molar-refractivity contribution is 0.354. The van der Waals surface area contributed by atoms with E-state index in [0.717, 1.165) is 24.0 Å². The Balaban J connectivity index is 3.11. The number of nitrogens with two attached hydrogens (primary N) is 1. The number of halogens is 1. The SMILES string of the molecule is C=C(CC)CC(NN)c1cc(Cl)c(OC)c(OC)c1. The van der Waals surface area contributed by atoms with Gasteiger partial charge >= 0.3 is 0 Å². The predicted molar refractivity (Wildman–Crippen MR) is 78.7 cm³/mol. The minimum atomic E-state index is -0.0512. The fourth-order valence-electron chi connectivity index (χ4n) is 1.85. The zero-order valence-electron chi connectivity index (χ0n) is 11.6. The van der Waals surface area contributed by atoms with E-state index in [4.69, 9.17) is 26.9 Å². The summed E-state index contributed by atoms with van der Waals surface area (Å²) in [5.41, 5.74) is 4.85. The van der Waals surface area contributed by atoms with E-state index >= 15 is 0 Å². The van der Waals surface area contributed by atoms with Gasteiger partial charge in [-0.15, -0.1) is 0 Å². The highest BCUT2D eigenvalue weighted by Gasteiger charge is 2.17. The van der Waals surface area contributed by atoms with Crippen molar-refractivity contribution in [2.24, 2.45) is 5.84 Å². The molecule has 0 saturated carbocycles. The molecule has 1 aromatic rings. The summed E-state index contributed by atoms with van der Waals surface area (Å²) >= 11 is 6.19. The van der Waals surface area contributed by atoms with Gasteiger partial charge in [0.05, 0.1) is 19.2 Å². The molecule has 1 atom stereocenters. The summed E-state index contributed by atoms with van der Waals surface area (Å²) in [4.78, 5) is 0. The third-order valence-electron chi connectivity index (χ3n) is 3.05. The molecule has 1 rings (SSSR count). The average molecular weight is 285 g/mol. The molecule has 0 aliphatic rings. The first-order chi connectivity index (χ1) is 9.07. The van der Waals surface area contributed by atoms with Crippen LogP contribution in [0.5, 0.6) is 11.5 Å². The number of rotatable bonds is 7. The van der Waals surface area contributed by atoms with E-state index in [9.17, 15) is 0 Å². The Morgan fingerprint density at radius 2 is 2.11 bits per heavy atom. The van der Waals surface area contributed by atoms with Crippen LogP contribution in [-0.4, -0.2) is 14.2 Å². The highest BCUT2D eigenvalue weighted by molar-refractivity contribution is 6.32. The first-order valence-electron chi connectivity index (χ1n) is 6.11. The minimum absolute atomic E-state index is 0.0512. The lowest BCUT2D eigenvalue weighted by Crippen LogP contribution is -2.28. The first kappa shape index (κ1) is 15.8. The predicted octanol–water partition coefficient (Wildman–Crippen LogP) is 3.22. The minimum Gasteiger partial charge on any atom is -0.493 e. The second kappa shape index (κ2) is 7.38. The van der Waals surface area contributed by atoms with Gasteiger partial charge < -0.3 is 9.47 Å². The van der Waals surface area contributed by atoms with Gasteiger partial charge in [-0.25, -0.2) is 0 Å². The molecule has 3 N–H and O–H groups in total. The standard InChI is InChI=1S/C14H21ClN2O2/c1-5-9(2)6-12(17-16)10-7-11(15)14(19-4)13(8-10)18-3/h7-8,12,17H,2,5-6,16H2,1,3-4H3. The molecule has 0 heterocycles. The van der Waals surface area contributed by atoms with E-state index in [1.807, 2.05) is 12.1 Å². The van der Waals surface area contributed by atoms with Gasteiger partial charge in [0.1, 0.15) is 0 Å². The topological polar surface area (TPSA) is 56.5 Å². The van der Waals surface area contributed by atoms with E-state index in [0.29, 0.717) is 16.5 Å². The van der Waals surface area contributed by atoms with Gasteiger partial charge in [0, 0.05) is 6.04 Å². The molecule has 4 nitrogen and oxygen atoms in total. The van der Waals surface area contributed by atoms with Crippen LogP contribution in [0.3, 0.4) is 0 Å². The van der Waals surface area contributed by atoms with Gasteiger partial charge in [-0.1, -0.05) is 30.7 Å². The quantitative estimate of drug-likeness (QED) is 0.459. The van der Waals surface area contributed by atoms with E-state index in [2.05, 4.69) is 18.9 Å². The smallest absolute Gasteiger partial charge is 0.179 e. The van der Waals surface area contributed by atoms with Crippen molar-refractivity contribution < 1.29 is 9.47 Å². The monoisotopic (exact) mass is 284 g/mol. The van der Waals surface area contributed by atoms with E-state index < -0.39 is 0 Å². The number of methoxy groups -OCH3 is 2. The van der Waals surface area contributed by atoms with Gasteiger partial charge in [0.15, 0.2) is 11.5 Å². The van der Waals surface area contributed by atoms with Crippen LogP contribution >= 0.6 is 11.6 Å². The van der Waals surface area contributed by atoms with Gasteiger partial charge in [0.2, 0.25) is 0 Å². The maximum absolute atomic E-state index is 6.19. The zero-order chi connectivity index (χ0) is 14.4. The van der Waals surface area contributed by atoms with Crippen molar-refractivity contribution in [3.05, 3.63) is 34.9 Å². The zero-order valence-corrected chi connectivity index (χ0v) is 12.4. The Hall–Kier alpha value is -1.23. The maximum atomic E-state index is 6.19. The van der Waals surface area contributed by atoms with Crippen LogP contribution in [-0.2, 0) is 0 Å². The molecule has 19 heavy (non-hydrogen) atoms. The molecule has 5 heteroatoms. The van der Waals surface area contributed by atoms with Gasteiger partial charge in [-0.2, -0.15) is 0 Å². The molecule has 106 valence electrons. The maximum Gasteiger partial charge on any atom is 0.179 e. The fourth-order valence-corrected chi connectivity index (χ4v) is 2.14. The van der Waals surface area contributed by atoms with Gasteiger partial charge in [0.25, 0.3) is 0 Å². The van der Waals surface area contributed by atoms with Crippen LogP contribution < -0.4 is 20.7 Å². The molecular formula is C14H21ClN2O2. The van der Waals surface area contributed by atoms with Crippen molar-refractivity contribution in [3.63, 3.8) is 0 Å². The third kappa shape index (κ3) is 3.86. The molecule has 0 fully saturated rings. The molecule has 0 amide bonds. The molecule has 0 bridgehead atoms. The molecule has 0 aliphatic heterocycles. The highest BCUT2D eigenvalue weighted by Crippen LogP contribution is 2.38. The Morgan fingerprint density at radius 3 is 2.58 bits per heavy atom. The van der Waals surface area contributed by atoms with Gasteiger partial charge in [-0.3, -0.25) is 11.3 Å². The summed E-state index contributed by atoms with van der Waals surface area (Å²) in [7, 11) is 3.13. The molecule has 0 saturated heterocycles. The Bertz CT molecular complexity index is 449. The van der Waals surface area contributed by atoms with E-state index in [1.165, 1.54) is 0 Å². The summed E-state index contributed by atoms with van der Waals surface area (Å²) in [6.07, 6.45) is 1.66. The lowest BCUT2D eigenvalue weighted by Gasteiger charge is -2.19. The molecule has 0 aliphatic carbocycles. The number of nitrogens with one attached hydrogen (secondary N) is 1. The largest absolute Gasteiger partial charge is 0.493 e. The van der Waals surface area contributed by atoms with Crippen LogP contribution in [0.4, 0.5) is 0 Å². The number of hydrogen-bond donors (Lipinski definition) is 2. The van der Waals surface area contributed by atoms with Crippen LogP contribution in [0.1, 0.15) is 31.4 Å². The van der Waals surface area contributed by atoms with Crippen LogP contribution in [0, 0.1) is 0 Å². The Morgan fingerprint density at radius 1 is 1.42 bits per heavy atom. The van der Waals surface area contributed by atoms with Crippen LogP contribution in [0.15, 0.2) is 24.3 Å². The van der Waals surface area contributed by atoms with Crippen molar-refractivity contribution in [2.75, 3.05) is 14.2 Å². The number of benzene rings is 1. The molecule has 0 radical (unpaired) electrons. The van der Waals surface area contributed by atoms with Crippen LogP contribution in [0.2, 0.25) is 5.02 Å². The lowest BCUT2D eigenvalue weighted by atomic mass is 9.98. The Labute approximate surface area is 119 Å². The fraction of sp³-hybridized carbons (Fsp3) is 0.429. The molecule has 1 aromatic carbocycles. The van der Waals surface area contributed by atoms with Crippen molar-refractivity contribution in [3.8, 4) is 11.5 Å². The first-order valence-corrected chi connectivity index (χ1v) is 6.49.